The lowest BCUT2D eigenvalue weighted by Gasteiger charge is -2.23. The number of hydrogen-bond donors (Lipinski definition) is 0. The van der Waals surface area contributed by atoms with Gasteiger partial charge in [0, 0.05) is 30.9 Å². The molecule has 2 rings (SSSR count). The maximum Gasteiger partial charge on any atom is 0.258 e. The molecule has 1 fully saturated rings. The van der Waals surface area contributed by atoms with E-state index in [0.717, 1.165) is 28.2 Å². The van der Waals surface area contributed by atoms with Crippen molar-refractivity contribution in [2.24, 2.45) is 13.0 Å². The van der Waals surface area contributed by atoms with Crippen LogP contribution in [0.3, 0.4) is 0 Å². The molecule has 4 heteroatoms. The van der Waals surface area contributed by atoms with Crippen molar-refractivity contribution in [2.45, 2.75) is 67.3 Å². The Morgan fingerprint density at radius 2 is 1.78 bits per heavy atom. The number of aromatic nitrogens is 1. The molecule has 27 heavy (non-hydrogen) atoms. The fraction of sp³-hybridized carbons (Fsp3) is 0.565. The zero-order valence-electron chi connectivity index (χ0n) is 18.3. The minimum absolute atomic E-state index is 0.00899. The number of hydrogen-bond acceptors (Lipinski definition) is 2. The van der Waals surface area contributed by atoms with Crippen LogP contribution < -0.4 is 16.0 Å². The van der Waals surface area contributed by atoms with Gasteiger partial charge in [-0.05, 0) is 42.5 Å². The van der Waals surface area contributed by atoms with Crippen LogP contribution in [0.5, 0.6) is 0 Å². The van der Waals surface area contributed by atoms with Crippen LogP contribution in [-0.2, 0) is 18.4 Å². The second kappa shape index (κ2) is 10.3. The summed E-state index contributed by atoms with van der Waals surface area (Å²) in [4.78, 5) is 27.1. The lowest BCUT2D eigenvalue weighted by molar-refractivity contribution is -0.128. The maximum absolute atomic E-state index is 12.9. The first-order chi connectivity index (χ1) is 12.8. The fourth-order valence-electron chi connectivity index (χ4n) is 3.70. The number of amides is 1. The predicted molar refractivity (Wildman–Crippen MR) is 115 cm³/mol. The molecule has 1 aromatic rings. The van der Waals surface area contributed by atoms with Gasteiger partial charge < -0.3 is 9.47 Å². The molecule has 2 heterocycles. The van der Waals surface area contributed by atoms with Gasteiger partial charge in [-0.2, -0.15) is 0 Å². The first-order valence-electron chi connectivity index (χ1n) is 10.1. The van der Waals surface area contributed by atoms with Gasteiger partial charge in [-0.1, -0.05) is 52.8 Å². The highest BCUT2D eigenvalue weighted by atomic mass is 16.2. The van der Waals surface area contributed by atoms with Gasteiger partial charge in [0.25, 0.3) is 5.56 Å². The van der Waals surface area contributed by atoms with Crippen LogP contribution in [0.1, 0.15) is 72.1 Å². The van der Waals surface area contributed by atoms with Crippen molar-refractivity contribution < 1.29 is 4.79 Å². The maximum atomic E-state index is 12.9. The number of likely N-dealkylation sites (tertiary alicyclic amines) is 1. The summed E-state index contributed by atoms with van der Waals surface area (Å²) >= 11 is 0. The zero-order valence-corrected chi connectivity index (χ0v) is 18.3. The van der Waals surface area contributed by atoms with Gasteiger partial charge in [0.15, 0.2) is 0 Å². The molecule has 1 amide bonds. The van der Waals surface area contributed by atoms with Crippen molar-refractivity contribution in [3.05, 3.63) is 44.2 Å². The van der Waals surface area contributed by atoms with Gasteiger partial charge in [0.1, 0.15) is 0 Å². The third-order valence-electron chi connectivity index (χ3n) is 4.90. The summed E-state index contributed by atoms with van der Waals surface area (Å²) < 4.78 is 1.73. The van der Waals surface area contributed by atoms with Crippen LogP contribution in [0.15, 0.2) is 16.9 Å². The van der Waals surface area contributed by atoms with E-state index in [2.05, 4.69) is 20.8 Å². The molecule has 0 aromatic carbocycles. The third kappa shape index (κ3) is 5.00. The van der Waals surface area contributed by atoms with Crippen molar-refractivity contribution in [3.63, 3.8) is 0 Å². The van der Waals surface area contributed by atoms with Crippen molar-refractivity contribution in [2.75, 3.05) is 6.54 Å². The molecule has 0 bridgehead atoms. The summed E-state index contributed by atoms with van der Waals surface area (Å²) in [6.45, 7) is 15.6. The summed E-state index contributed by atoms with van der Waals surface area (Å²) in [5.74, 6) is 0.827. The van der Waals surface area contributed by atoms with Crippen LogP contribution in [-0.4, -0.2) is 21.9 Å². The highest BCUT2D eigenvalue weighted by molar-refractivity contribution is 5.78. The Kier molecular flexibility index (Phi) is 8.74. The zero-order chi connectivity index (χ0) is 20.7. The van der Waals surface area contributed by atoms with Gasteiger partial charge in [-0.25, -0.2) is 0 Å². The van der Waals surface area contributed by atoms with Crippen molar-refractivity contribution in [1.82, 2.24) is 9.47 Å². The lowest BCUT2D eigenvalue weighted by atomic mass is 9.96. The molecular weight excluding hydrogens is 336 g/mol. The number of carbonyl (C=O) groups is 1. The van der Waals surface area contributed by atoms with Gasteiger partial charge in [0.05, 0.1) is 6.54 Å². The molecule has 1 aromatic heterocycles. The summed E-state index contributed by atoms with van der Waals surface area (Å²) in [5, 5.41) is 1.71. The molecule has 1 saturated heterocycles. The first-order valence-corrected chi connectivity index (χ1v) is 10.1. The van der Waals surface area contributed by atoms with E-state index in [-0.39, 0.29) is 17.4 Å². The molecule has 0 aliphatic carbocycles. The number of carbonyl (C=O) groups excluding carboxylic acids is 1. The molecule has 0 radical (unpaired) electrons. The summed E-state index contributed by atoms with van der Waals surface area (Å²) in [7, 11) is 1.82. The van der Waals surface area contributed by atoms with E-state index < -0.39 is 0 Å². The van der Waals surface area contributed by atoms with Crippen molar-refractivity contribution in [1.29, 1.82) is 0 Å². The normalized spacial score (nSPS) is 18.6. The van der Waals surface area contributed by atoms with E-state index in [1.54, 1.807) is 4.57 Å². The Morgan fingerprint density at radius 3 is 2.22 bits per heavy atom. The summed E-state index contributed by atoms with van der Waals surface area (Å²) in [6, 6.07) is 0. The Hall–Kier alpha value is -2.10. The van der Waals surface area contributed by atoms with E-state index in [0.29, 0.717) is 18.9 Å². The molecule has 0 N–H and O–H groups in total. The van der Waals surface area contributed by atoms with Gasteiger partial charge in [-0.15, -0.1) is 0 Å². The molecular formula is C23H36N2O2. The topological polar surface area (TPSA) is 42.3 Å². The average Bonchev–Trinajstić information content (AvgIpc) is 2.96. The minimum atomic E-state index is -0.00899. The van der Waals surface area contributed by atoms with E-state index >= 15 is 0 Å². The molecule has 1 atom stereocenters. The number of rotatable bonds is 4. The van der Waals surface area contributed by atoms with Crippen LogP contribution >= 0.6 is 0 Å². The fourth-order valence-corrected chi connectivity index (χ4v) is 3.70. The van der Waals surface area contributed by atoms with E-state index in [1.165, 1.54) is 0 Å². The van der Waals surface area contributed by atoms with Gasteiger partial charge >= 0.3 is 0 Å². The monoisotopic (exact) mass is 372 g/mol. The van der Waals surface area contributed by atoms with Crippen molar-refractivity contribution in [3.8, 4) is 0 Å². The molecule has 150 valence electrons. The van der Waals surface area contributed by atoms with Gasteiger partial charge in [-0.3, -0.25) is 9.59 Å². The lowest BCUT2D eigenvalue weighted by Crippen LogP contribution is -2.49. The molecule has 1 unspecified atom stereocenters. The second-order valence-electron chi connectivity index (χ2n) is 7.27. The molecule has 0 spiro atoms. The van der Waals surface area contributed by atoms with Crippen LogP contribution in [0.2, 0.25) is 0 Å². The minimum Gasteiger partial charge on any atom is -0.337 e. The highest BCUT2D eigenvalue weighted by Crippen LogP contribution is 2.21. The van der Waals surface area contributed by atoms with E-state index in [1.807, 2.05) is 63.9 Å². The van der Waals surface area contributed by atoms with Crippen LogP contribution in [0.25, 0.3) is 12.2 Å². The highest BCUT2D eigenvalue weighted by Gasteiger charge is 2.28. The number of allylic oxidation sites excluding steroid dienone is 2. The standard InChI is InChI=1S/C21H30N2O2.C2H6/c1-7-9-10-17-16(8-2)20(14(3)4)18(22(6)21(17)25)13-23-12-15(5)11-19(23)24;1-2/h7-10,14-15H,11-13H2,1-6H3;1-2H3/b9-7+,16-8+,17-10+;. The van der Waals surface area contributed by atoms with E-state index in [9.17, 15) is 9.59 Å². The SMILES string of the molecule is C/C=c1/c(C(C)C)c(CN2CC(C)CC2=O)n(C)c(=O)/c1=C/C=C/C.CC. The van der Waals surface area contributed by atoms with E-state index in [4.69, 9.17) is 0 Å². The Morgan fingerprint density at radius 1 is 1.15 bits per heavy atom. The second-order valence-corrected chi connectivity index (χ2v) is 7.27. The Bertz CT molecular complexity index is 860. The Labute approximate surface area is 163 Å². The molecule has 1 aliphatic heterocycles. The smallest absolute Gasteiger partial charge is 0.258 e. The Balaban J connectivity index is 0.00000176. The van der Waals surface area contributed by atoms with Gasteiger partial charge in [0.2, 0.25) is 5.91 Å². The quantitative estimate of drug-likeness (QED) is 0.815. The van der Waals surface area contributed by atoms with Crippen LogP contribution in [0.4, 0.5) is 0 Å². The predicted octanol–water partition coefficient (Wildman–Crippen LogP) is 3.06. The average molecular weight is 373 g/mol. The number of nitrogens with zero attached hydrogens (tertiary/aromatic N) is 2. The van der Waals surface area contributed by atoms with Crippen molar-refractivity contribution >= 4 is 18.1 Å². The third-order valence-corrected chi connectivity index (χ3v) is 4.90. The first kappa shape index (κ1) is 22.9. The van der Waals surface area contributed by atoms with Crippen LogP contribution in [0, 0.1) is 5.92 Å². The molecule has 1 aliphatic rings. The summed E-state index contributed by atoms with van der Waals surface area (Å²) in [6.07, 6.45) is 8.33. The largest absolute Gasteiger partial charge is 0.337 e. The molecule has 0 saturated carbocycles. The number of pyridine rings is 1. The summed E-state index contributed by atoms with van der Waals surface area (Å²) in [5.41, 5.74) is 2.10. The molecule has 4 nitrogen and oxygen atoms in total.